The van der Waals surface area contributed by atoms with Gasteiger partial charge in [-0.05, 0) is 36.8 Å². The van der Waals surface area contributed by atoms with Crippen LogP contribution >= 0.6 is 22.9 Å². The van der Waals surface area contributed by atoms with Gasteiger partial charge in [-0.3, -0.25) is 14.9 Å². The topological polar surface area (TPSA) is 111 Å². The number of carbonyl (C=O) groups is 3. The minimum Gasteiger partial charge on any atom is -0.453 e. The number of nitrogens with zero attached hydrogens (tertiary/aromatic N) is 2. The predicted octanol–water partition coefficient (Wildman–Crippen LogP) is 3.62. The average molecular weight is 420 g/mol. The van der Waals surface area contributed by atoms with Crippen molar-refractivity contribution in [2.75, 3.05) is 11.9 Å². The van der Waals surface area contributed by atoms with E-state index in [1.54, 1.807) is 12.1 Å². The highest BCUT2D eigenvalue weighted by molar-refractivity contribution is 7.15. The van der Waals surface area contributed by atoms with E-state index in [4.69, 9.17) is 20.8 Å². The third-order valence-corrected chi connectivity index (χ3v) is 4.88. The Hall–Kier alpha value is -3.04. The summed E-state index contributed by atoms with van der Waals surface area (Å²) in [6, 6.07) is 7.72. The molecular formula is C18H14ClN3O5S. The summed E-state index contributed by atoms with van der Waals surface area (Å²) in [6.07, 6.45) is 1.29. The quantitative estimate of drug-likeness (QED) is 0.459. The van der Waals surface area contributed by atoms with Gasteiger partial charge < -0.3 is 9.15 Å². The number of nitrogens with one attached hydrogen (secondary N) is 1. The Labute approximate surface area is 168 Å². The fourth-order valence-corrected chi connectivity index (χ4v) is 3.11. The molecule has 0 saturated heterocycles. The zero-order chi connectivity index (χ0) is 20.1. The lowest BCUT2D eigenvalue weighted by Gasteiger charge is -2.07. The fourth-order valence-electron chi connectivity index (χ4n) is 2.22. The Balaban J connectivity index is 1.65. The lowest BCUT2D eigenvalue weighted by atomic mass is 10.1. The molecule has 0 bridgehead atoms. The Morgan fingerprint density at radius 1 is 1.29 bits per heavy atom. The van der Waals surface area contributed by atoms with E-state index < -0.39 is 18.5 Å². The van der Waals surface area contributed by atoms with Gasteiger partial charge in [-0.2, -0.15) is 0 Å². The van der Waals surface area contributed by atoms with Crippen molar-refractivity contribution in [3.8, 4) is 11.3 Å². The van der Waals surface area contributed by atoms with Crippen LogP contribution < -0.4 is 5.32 Å². The molecule has 8 nitrogen and oxygen atoms in total. The Bertz CT molecular complexity index is 1030. The van der Waals surface area contributed by atoms with Crippen LogP contribution in [0, 0.1) is 0 Å². The molecule has 0 aliphatic rings. The first-order valence-corrected chi connectivity index (χ1v) is 9.34. The number of ether oxygens (including phenoxy) is 1. The highest BCUT2D eigenvalue weighted by atomic mass is 35.5. The van der Waals surface area contributed by atoms with E-state index >= 15 is 0 Å². The molecule has 1 amide bonds. The second-order valence-electron chi connectivity index (χ2n) is 5.49. The minimum absolute atomic E-state index is 0.0696. The number of aryl methyl sites for hydroxylation is 1. The summed E-state index contributed by atoms with van der Waals surface area (Å²) < 4.78 is 10.4. The van der Waals surface area contributed by atoms with E-state index in [1.165, 1.54) is 29.5 Å². The van der Waals surface area contributed by atoms with Gasteiger partial charge in [0.1, 0.15) is 10.8 Å². The van der Waals surface area contributed by atoms with Crippen LogP contribution in [0.1, 0.15) is 32.8 Å². The highest BCUT2D eigenvalue weighted by Crippen LogP contribution is 2.27. The molecule has 2 heterocycles. The maximum atomic E-state index is 12.3. The van der Waals surface area contributed by atoms with Crippen LogP contribution in [-0.4, -0.2) is 35.0 Å². The number of anilines is 1. The maximum Gasteiger partial charge on any atom is 0.340 e. The van der Waals surface area contributed by atoms with Gasteiger partial charge in [0.25, 0.3) is 5.91 Å². The molecule has 28 heavy (non-hydrogen) atoms. The highest BCUT2D eigenvalue weighted by Gasteiger charge is 2.17. The Kier molecular flexibility index (Phi) is 6.17. The van der Waals surface area contributed by atoms with Crippen molar-refractivity contribution in [3.63, 3.8) is 0 Å². The molecule has 0 fully saturated rings. The first kappa shape index (κ1) is 19.7. The van der Waals surface area contributed by atoms with Crippen molar-refractivity contribution < 1.29 is 23.5 Å². The van der Waals surface area contributed by atoms with Crippen LogP contribution in [0.15, 0.2) is 34.7 Å². The molecule has 10 heteroatoms. The average Bonchev–Trinajstić information content (AvgIpc) is 3.35. The number of benzene rings is 1. The maximum absolute atomic E-state index is 12.3. The molecule has 0 unspecified atom stereocenters. The number of halogens is 1. The van der Waals surface area contributed by atoms with Gasteiger partial charge in [0.2, 0.25) is 5.13 Å². The second-order valence-corrected chi connectivity index (χ2v) is 6.96. The summed E-state index contributed by atoms with van der Waals surface area (Å²) >= 11 is 7.32. The summed E-state index contributed by atoms with van der Waals surface area (Å²) in [5, 5.41) is 11.5. The molecule has 144 valence electrons. The van der Waals surface area contributed by atoms with Crippen LogP contribution in [0.4, 0.5) is 5.13 Å². The molecule has 0 aliphatic heterocycles. The van der Waals surface area contributed by atoms with Crippen LogP contribution in [-0.2, 0) is 16.0 Å². The van der Waals surface area contributed by atoms with Crippen LogP contribution in [0.3, 0.4) is 0 Å². The van der Waals surface area contributed by atoms with Crippen molar-refractivity contribution in [2.24, 2.45) is 0 Å². The number of aromatic nitrogens is 2. The van der Waals surface area contributed by atoms with Crippen molar-refractivity contribution in [1.29, 1.82) is 0 Å². The Morgan fingerprint density at radius 3 is 2.79 bits per heavy atom. The van der Waals surface area contributed by atoms with Crippen LogP contribution in [0.25, 0.3) is 11.3 Å². The minimum atomic E-state index is -0.768. The van der Waals surface area contributed by atoms with Gasteiger partial charge in [0.15, 0.2) is 18.7 Å². The molecule has 1 aromatic carbocycles. The third kappa shape index (κ3) is 4.62. The first-order valence-electron chi connectivity index (χ1n) is 8.14. The van der Waals surface area contributed by atoms with Crippen molar-refractivity contribution >= 4 is 46.2 Å². The number of hydrogen-bond acceptors (Lipinski definition) is 8. The molecular weight excluding hydrogens is 406 g/mol. The summed E-state index contributed by atoms with van der Waals surface area (Å²) in [5.74, 6) is -0.751. The molecule has 2 aromatic heterocycles. The van der Waals surface area contributed by atoms with Crippen molar-refractivity contribution in [3.05, 3.63) is 51.7 Å². The molecule has 0 saturated carbocycles. The van der Waals surface area contributed by atoms with Gasteiger partial charge in [0, 0.05) is 5.56 Å². The molecule has 3 aromatic rings. The normalized spacial score (nSPS) is 10.5. The second kappa shape index (κ2) is 8.77. The van der Waals surface area contributed by atoms with Crippen molar-refractivity contribution in [1.82, 2.24) is 10.2 Å². The number of esters is 1. The van der Waals surface area contributed by atoms with Gasteiger partial charge in [-0.1, -0.05) is 29.9 Å². The molecule has 1 N–H and O–H groups in total. The zero-order valence-corrected chi connectivity index (χ0v) is 16.2. The van der Waals surface area contributed by atoms with E-state index in [2.05, 4.69) is 15.5 Å². The standard InChI is InChI=1S/C18H14ClN3O5S/c1-2-16-21-22-18(28-16)20-15(24)9-26-17(25)12-7-10(3-5-13(12)19)14-6-4-11(8-23)27-14/h3-8H,2,9H2,1H3,(H,20,22,24). The number of rotatable bonds is 7. The van der Waals surface area contributed by atoms with E-state index in [-0.39, 0.29) is 16.3 Å². The summed E-state index contributed by atoms with van der Waals surface area (Å²) in [5.41, 5.74) is 0.607. The lowest BCUT2D eigenvalue weighted by molar-refractivity contribution is -0.119. The third-order valence-electron chi connectivity index (χ3n) is 3.56. The first-order chi connectivity index (χ1) is 13.5. The number of hydrogen-bond donors (Lipinski definition) is 1. The monoisotopic (exact) mass is 419 g/mol. The van der Waals surface area contributed by atoms with Crippen LogP contribution in [0.5, 0.6) is 0 Å². The molecule has 3 rings (SSSR count). The van der Waals surface area contributed by atoms with E-state index in [0.717, 1.165) is 5.01 Å². The van der Waals surface area contributed by atoms with Gasteiger partial charge in [-0.15, -0.1) is 10.2 Å². The molecule has 0 radical (unpaired) electrons. The van der Waals surface area contributed by atoms with Crippen LogP contribution in [0.2, 0.25) is 5.02 Å². The molecule has 0 spiro atoms. The molecule has 0 atom stereocenters. The van der Waals surface area contributed by atoms with E-state index in [0.29, 0.717) is 29.2 Å². The van der Waals surface area contributed by atoms with Gasteiger partial charge in [0.05, 0.1) is 10.6 Å². The summed E-state index contributed by atoms with van der Waals surface area (Å²) in [6.45, 7) is 1.42. The van der Waals surface area contributed by atoms with E-state index in [9.17, 15) is 14.4 Å². The fraction of sp³-hybridized carbons (Fsp3) is 0.167. The number of aldehydes is 1. The largest absolute Gasteiger partial charge is 0.453 e. The van der Waals surface area contributed by atoms with E-state index in [1.807, 2.05) is 6.92 Å². The van der Waals surface area contributed by atoms with Gasteiger partial charge >= 0.3 is 5.97 Å². The predicted molar refractivity (Wildman–Crippen MR) is 103 cm³/mol. The number of carbonyl (C=O) groups excluding carboxylic acids is 3. The SMILES string of the molecule is CCc1nnc(NC(=O)COC(=O)c2cc(-c3ccc(C=O)o3)ccc2Cl)s1. The smallest absolute Gasteiger partial charge is 0.340 e. The number of amides is 1. The lowest BCUT2D eigenvalue weighted by Crippen LogP contribution is -2.21. The molecule has 0 aliphatic carbocycles. The zero-order valence-electron chi connectivity index (χ0n) is 14.6. The Morgan fingerprint density at radius 2 is 2.11 bits per heavy atom. The summed E-state index contributed by atoms with van der Waals surface area (Å²) in [7, 11) is 0. The number of furan rings is 1. The van der Waals surface area contributed by atoms with Crippen molar-refractivity contribution in [2.45, 2.75) is 13.3 Å². The van der Waals surface area contributed by atoms with Gasteiger partial charge in [-0.25, -0.2) is 4.79 Å². The summed E-state index contributed by atoms with van der Waals surface area (Å²) in [4.78, 5) is 35.0.